The van der Waals surface area contributed by atoms with Crippen LogP contribution in [0.4, 0.5) is 0 Å². The molecule has 1 aliphatic heterocycles. The summed E-state index contributed by atoms with van der Waals surface area (Å²) >= 11 is 0. The highest BCUT2D eigenvalue weighted by atomic mass is 16.5. The zero-order valence-corrected chi connectivity index (χ0v) is 11.3. The first-order valence-electron chi connectivity index (χ1n) is 6.87. The van der Waals surface area contributed by atoms with E-state index in [-0.39, 0.29) is 6.10 Å². The zero-order chi connectivity index (χ0) is 12.5. The maximum atomic E-state index is 9.65. The van der Waals surface area contributed by atoms with E-state index in [0.717, 1.165) is 19.7 Å². The molecule has 1 atom stereocenters. The Morgan fingerprint density at radius 2 is 1.94 bits per heavy atom. The first-order chi connectivity index (χ1) is 8.18. The van der Waals surface area contributed by atoms with E-state index in [9.17, 15) is 5.11 Å². The molecule has 0 amide bonds. The molecule has 0 aromatic heterocycles. The number of nitrogens with zero attached hydrogens (tertiary/aromatic N) is 1. The Kier molecular flexibility index (Phi) is 7.77. The smallest absolute Gasteiger partial charge is 0.0897 e. The Balaban J connectivity index is 1.87. The van der Waals surface area contributed by atoms with Gasteiger partial charge in [0.2, 0.25) is 0 Å². The molecule has 0 saturated carbocycles. The SMILES string of the molecule is CC(C)COCC(O)CNCCN1CCCC1. The number of aliphatic hydroxyl groups is 1. The van der Waals surface area contributed by atoms with E-state index in [1.165, 1.54) is 25.9 Å². The summed E-state index contributed by atoms with van der Waals surface area (Å²) in [5.74, 6) is 0.533. The van der Waals surface area contributed by atoms with Gasteiger partial charge >= 0.3 is 0 Å². The molecule has 0 aromatic carbocycles. The highest BCUT2D eigenvalue weighted by Crippen LogP contribution is 2.05. The van der Waals surface area contributed by atoms with Gasteiger partial charge in [0, 0.05) is 26.2 Å². The number of hydrogen-bond donors (Lipinski definition) is 2. The third-order valence-corrected chi connectivity index (χ3v) is 2.94. The summed E-state index contributed by atoms with van der Waals surface area (Å²) in [5.41, 5.74) is 0. The number of aliphatic hydroxyl groups excluding tert-OH is 1. The molecule has 0 aromatic rings. The van der Waals surface area contributed by atoms with E-state index in [1.54, 1.807) is 0 Å². The van der Waals surface area contributed by atoms with Crippen molar-refractivity contribution < 1.29 is 9.84 Å². The lowest BCUT2D eigenvalue weighted by atomic mass is 10.2. The molecule has 0 spiro atoms. The van der Waals surface area contributed by atoms with Crippen LogP contribution < -0.4 is 5.32 Å². The van der Waals surface area contributed by atoms with Crippen LogP contribution in [0, 0.1) is 5.92 Å². The van der Waals surface area contributed by atoms with Gasteiger partial charge in [0.15, 0.2) is 0 Å². The molecule has 0 radical (unpaired) electrons. The number of likely N-dealkylation sites (tertiary alicyclic amines) is 1. The highest BCUT2D eigenvalue weighted by Gasteiger charge is 2.10. The van der Waals surface area contributed by atoms with Crippen molar-refractivity contribution in [1.29, 1.82) is 0 Å². The molecule has 102 valence electrons. The largest absolute Gasteiger partial charge is 0.389 e. The van der Waals surface area contributed by atoms with Crippen molar-refractivity contribution in [1.82, 2.24) is 10.2 Å². The van der Waals surface area contributed by atoms with Crippen LogP contribution in [0.25, 0.3) is 0 Å². The van der Waals surface area contributed by atoms with E-state index in [2.05, 4.69) is 24.1 Å². The van der Waals surface area contributed by atoms with Gasteiger partial charge in [0.25, 0.3) is 0 Å². The van der Waals surface area contributed by atoms with Gasteiger partial charge in [-0.1, -0.05) is 13.8 Å². The number of nitrogens with one attached hydrogen (secondary N) is 1. The zero-order valence-electron chi connectivity index (χ0n) is 11.3. The minimum Gasteiger partial charge on any atom is -0.389 e. The summed E-state index contributed by atoms with van der Waals surface area (Å²) in [4.78, 5) is 2.47. The fraction of sp³-hybridized carbons (Fsp3) is 1.00. The van der Waals surface area contributed by atoms with Gasteiger partial charge in [-0.05, 0) is 31.8 Å². The molecular weight excluding hydrogens is 216 g/mol. The van der Waals surface area contributed by atoms with Crippen LogP contribution >= 0.6 is 0 Å². The fourth-order valence-electron chi connectivity index (χ4n) is 2.01. The molecule has 1 fully saturated rings. The molecule has 2 N–H and O–H groups in total. The molecule has 4 nitrogen and oxygen atoms in total. The van der Waals surface area contributed by atoms with Crippen LogP contribution in [-0.4, -0.2) is 62.0 Å². The van der Waals surface area contributed by atoms with Crippen molar-refractivity contribution in [2.75, 3.05) is 45.9 Å². The topological polar surface area (TPSA) is 44.7 Å². The quantitative estimate of drug-likeness (QED) is 0.586. The minimum atomic E-state index is -0.382. The Hall–Kier alpha value is -0.160. The lowest BCUT2D eigenvalue weighted by molar-refractivity contribution is 0.0261. The van der Waals surface area contributed by atoms with Crippen LogP contribution in [0.2, 0.25) is 0 Å². The van der Waals surface area contributed by atoms with Gasteiger partial charge < -0.3 is 20.1 Å². The Labute approximate surface area is 105 Å². The fourth-order valence-corrected chi connectivity index (χ4v) is 2.01. The van der Waals surface area contributed by atoms with E-state index in [0.29, 0.717) is 19.1 Å². The minimum absolute atomic E-state index is 0.382. The van der Waals surface area contributed by atoms with Gasteiger partial charge in [-0.2, -0.15) is 0 Å². The normalized spacial score (nSPS) is 19.1. The van der Waals surface area contributed by atoms with Crippen LogP contribution in [-0.2, 0) is 4.74 Å². The first-order valence-corrected chi connectivity index (χ1v) is 6.87. The van der Waals surface area contributed by atoms with E-state index in [4.69, 9.17) is 4.74 Å². The van der Waals surface area contributed by atoms with Gasteiger partial charge in [-0.15, -0.1) is 0 Å². The van der Waals surface area contributed by atoms with Crippen molar-refractivity contribution in [3.63, 3.8) is 0 Å². The second-order valence-electron chi connectivity index (χ2n) is 5.34. The van der Waals surface area contributed by atoms with E-state index < -0.39 is 0 Å². The summed E-state index contributed by atoms with van der Waals surface area (Å²) in [6, 6.07) is 0. The Bertz CT molecular complexity index is 182. The molecular formula is C13H28N2O2. The molecule has 17 heavy (non-hydrogen) atoms. The third kappa shape index (κ3) is 7.71. The third-order valence-electron chi connectivity index (χ3n) is 2.94. The second-order valence-corrected chi connectivity index (χ2v) is 5.34. The van der Waals surface area contributed by atoms with Crippen LogP contribution in [0.3, 0.4) is 0 Å². The van der Waals surface area contributed by atoms with Crippen molar-refractivity contribution in [3.05, 3.63) is 0 Å². The molecule has 0 aliphatic carbocycles. The standard InChI is InChI=1S/C13H28N2O2/c1-12(2)10-17-11-13(16)9-14-5-8-15-6-3-4-7-15/h12-14,16H,3-11H2,1-2H3. The highest BCUT2D eigenvalue weighted by molar-refractivity contribution is 4.67. The predicted molar refractivity (Wildman–Crippen MR) is 70.2 cm³/mol. The maximum Gasteiger partial charge on any atom is 0.0897 e. The van der Waals surface area contributed by atoms with E-state index in [1.807, 2.05) is 0 Å². The van der Waals surface area contributed by atoms with Crippen LogP contribution in [0.1, 0.15) is 26.7 Å². The van der Waals surface area contributed by atoms with Crippen molar-refractivity contribution in [2.24, 2.45) is 5.92 Å². The second kappa shape index (κ2) is 8.86. The molecule has 4 heteroatoms. The summed E-state index contributed by atoms with van der Waals surface area (Å²) in [6.07, 6.45) is 2.30. The molecule has 1 unspecified atom stereocenters. The predicted octanol–water partition coefficient (Wildman–Crippen LogP) is 0.705. The molecule has 0 bridgehead atoms. The van der Waals surface area contributed by atoms with Gasteiger partial charge in [0.05, 0.1) is 12.7 Å². The lowest BCUT2D eigenvalue weighted by Gasteiger charge is -2.16. The summed E-state index contributed by atoms with van der Waals surface area (Å²) in [6.45, 7) is 10.6. The molecule has 1 aliphatic rings. The van der Waals surface area contributed by atoms with Crippen molar-refractivity contribution in [2.45, 2.75) is 32.8 Å². The summed E-state index contributed by atoms with van der Waals surface area (Å²) < 4.78 is 5.39. The molecule has 1 heterocycles. The number of rotatable bonds is 9. The van der Waals surface area contributed by atoms with Gasteiger partial charge in [-0.3, -0.25) is 0 Å². The maximum absolute atomic E-state index is 9.65. The molecule has 1 rings (SSSR count). The van der Waals surface area contributed by atoms with Crippen LogP contribution in [0.5, 0.6) is 0 Å². The van der Waals surface area contributed by atoms with E-state index >= 15 is 0 Å². The number of ether oxygens (including phenoxy) is 1. The Morgan fingerprint density at radius 3 is 2.59 bits per heavy atom. The lowest BCUT2D eigenvalue weighted by Crippen LogP contribution is -2.36. The Morgan fingerprint density at radius 1 is 1.24 bits per heavy atom. The van der Waals surface area contributed by atoms with Crippen LogP contribution in [0.15, 0.2) is 0 Å². The first kappa shape index (κ1) is 14.9. The average molecular weight is 244 g/mol. The van der Waals surface area contributed by atoms with Gasteiger partial charge in [0.1, 0.15) is 0 Å². The number of hydrogen-bond acceptors (Lipinski definition) is 4. The van der Waals surface area contributed by atoms with Gasteiger partial charge in [-0.25, -0.2) is 0 Å². The average Bonchev–Trinajstić information content (AvgIpc) is 2.76. The summed E-state index contributed by atoms with van der Waals surface area (Å²) in [7, 11) is 0. The monoisotopic (exact) mass is 244 g/mol. The molecule has 1 saturated heterocycles. The summed E-state index contributed by atoms with van der Waals surface area (Å²) in [5, 5.41) is 12.9. The van der Waals surface area contributed by atoms with Crippen molar-refractivity contribution in [3.8, 4) is 0 Å². The van der Waals surface area contributed by atoms with Crippen molar-refractivity contribution >= 4 is 0 Å².